The van der Waals surface area contributed by atoms with Crippen LogP contribution >= 0.6 is 0 Å². The van der Waals surface area contributed by atoms with Crippen molar-refractivity contribution in [2.24, 2.45) is 10.9 Å². The zero-order valence-electron chi connectivity index (χ0n) is 8.20. The summed E-state index contributed by atoms with van der Waals surface area (Å²) < 4.78 is 4.34. The predicted octanol–water partition coefficient (Wildman–Crippen LogP) is -0.105. The van der Waals surface area contributed by atoms with Crippen molar-refractivity contribution in [2.75, 3.05) is 7.11 Å². The molecule has 0 fully saturated rings. The van der Waals surface area contributed by atoms with Crippen LogP contribution in [0.4, 0.5) is 0 Å². The van der Waals surface area contributed by atoms with Crippen LogP contribution in [0.1, 0.15) is 13.8 Å². The van der Waals surface area contributed by atoms with Crippen molar-refractivity contribution < 1.29 is 19.4 Å². The molecule has 0 aliphatic heterocycles. The maximum atomic E-state index is 11.1. The fourth-order valence-electron chi connectivity index (χ4n) is 0.868. The topological polar surface area (TPSA) is 102 Å². The van der Waals surface area contributed by atoms with Gasteiger partial charge in [-0.15, -0.1) is 0 Å². The fourth-order valence-corrected chi connectivity index (χ4v) is 0.868. The van der Waals surface area contributed by atoms with Crippen LogP contribution in [0, 0.1) is 0 Å². The largest absolute Gasteiger partial charge is 0.478 e. The van der Waals surface area contributed by atoms with Crippen LogP contribution in [0.5, 0.6) is 0 Å². The molecule has 78 valence electrons. The Balaban J connectivity index is 5.33. The molecule has 6 nitrogen and oxygen atoms in total. The van der Waals surface area contributed by atoms with Gasteiger partial charge in [0.15, 0.2) is 5.71 Å². The molecule has 0 radical (unpaired) electrons. The Labute approximate surface area is 81.0 Å². The van der Waals surface area contributed by atoms with Gasteiger partial charge < -0.3 is 15.7 Å². The molecule has 3 N–H and O–H groups in total. The maximum absolute atomic E-state index is 11.1. The number of nitrogens with zero attached hydrogens (tertiary/aromatic N) is 1. The van der Waals surface area contributed by atoms with Crippen LogP contribution in [0.15, 0.2) is 16.2 Å². The Hall–Kier alpha value is -1.85. The quantitative estimate of drug-likeness (QED) is 0.218. The van der Waals surface area contributed by atoms with E-state index in [9.17, 15) is 9.59 Å². The minimum atomic E-state index is -1.26. The van der Waals surface area contributed by atoms with Gasteiger partial charge in [-0.05, 0) is 13.8 Å². The Morgan fingerprint density at radius 3 is 2.07 bits per heavy atom. The molecular weight excluding hydrogens is 188 g/mol. The molecule has 0 bridgehead atoms. The number of carboxylic acid groups (broad SMARTS) is 1. The van der Waals surface area contributed by atoms with E-state index < -0.39 is 11.9 Å². The lowest BCUT2D eigenvalue weighted by Gasteiger charge is -2.05. The Bertz CT molecular complexity index is 313. The molecule has 0 saturated carbocycles. The van der Waals surface area contributed by atoms with E-state index in [1.807, 2.05) is 0 Å². The zero-order valence-corrected chi connectivity index (χ0v) is 8.20. The molecule has 0 rings (SSSR count). The second kappa shape index (κ2) is 5.00. The summed E-state index contributed by atoms with van der Waals surface area (Å²) in [5, 5.41) is 11.9. The lowest BCUT2D eigenvalue weighted by Crippen LogP contribution is -2.25. The van der Waals surface area contributed by atoms with Crippen LogP contribution in [0.3, 0.4) is 0 Å². The van der Waals surface area contributed by atoms with E-state index in [0.29, 0.717) is 5.57 Å². The van der Waals surface area contributed by atoms with Crippen molar-refractivity contribution in [2.45, 2.75) is 13.8 Å². The standard InChI is InChI=1S/C8H12N2O4/c1-4(2)5(7(11)12)6(10-9)8(13)14-3/h9H2,1-3H3,(H,11,12). The summed E-state index contributed by atoms with van der Waals surface area (Å²) in [6.07, 6.45) is 0. The second-order valence-electron chi connectivity index (χ2n) is 2.65. The molecule has 0 atom stereocenters. The molecule has 0 aromatic carbocycles. The molecule has 0 spiro atoms. The minimum Gasteiger partial charge on any atom is -0.478 e. The van der Waals surface area contributed by atoms with Gasteiger partial charge in [0.25, 0.3) is 0 Å². The van der Waals surface area contributed by atoms with Gasteiger partial charge in [0.2, 0.25) is 0 Å². The monoisotopic (exact) mass is 200 g/mol. The van der Waals surface area contributed by atoms with E-state index in [1.165, 1.54) is 13.8 Å². The summed E-state index contributed by atoms with van der Waals surface area (Å²) in [5.74, 6) is 2.78. The van der Waals surface area contributed by atoms with Gasteiger partial charge in [0, 0.05) is 0 Å². The average Bonchev–Trinajstić information content (AvgIpc) is 2.11. The minimum absolute atomic E-state index is 0.237. The van der Waals surface area contributed by atoms with Gasteiger partial charge in [-0.2, -0.15) is 5.10 Å². The molecule has 0 aliphatic carbocycles. The van der Waals surface area contributed by atoms with Crippen molar-refractivity contribution in [3.63, 3.8) is 0 Å². The summed E-state index contributed by atoms with van der Waals surface area (Å²) in [4.78, 5) is 21.8. The van der Waals surface area contributed by atoms with E-state index in [2.05, 4.69) is 9.84 Å². The summed E-state index contributed by atoms with van der Waals surface area (Å²) >= 11 is 0. The first kappa shape index (κ1) is 12.2. The number of aliphatic carboxylic acids is 1. The summed E-state index contributed by atoms with van der Waals surface area (Å²) in [6.45, 7) is 3.08. The second-order valence-corrected chi connectivity index (χ2v) is 2.65. The number of methoxy groups -OCH3 is 1. The number of allylic oxidation sites excluding steroid dienone is 1. The highest BCUT2D eigenvalue weighted by Gasteiger charge is 2.24. The molecule has 0 aromatic heterocycles. The number of esters is 1. The zero-order chi connectivity index (χ0) is 11.3. The molecule has 0 aliphatic rings. The van der Waals surface area contributed by atoms with Crippen LogP contribution < -0.4 is 5.84 Å². The lowest BCUT2D eigenvalue weighted by atomic mass is 10.1. The smallest absolute Gasteiger partial charge is 0.359 e. The number of hydrogen-bond acceptors (Lipinski definition) is 5. The third kappa shape index (κ3) is 2.58. The molecule has 0 heterocycles. The first-order chi connectivity index (χ1) is 6.45. The van der Waals surface area contributed by atoms with Crippen molar-refractivity contribution >= 4 is 17.7 Å². The average molecular weight is 200 g/mol. The van der Waals surface area contributed by atoms with Gasteiger partial charge >= 0.3 is 11.9 Å². The predicted molar refractivity (Wildman–Crippen MR) is 49.6 cm³/mol. The maximum Gasteiger partial charge on any atom is 0.359 e. The van der Waals surface area contributed by atoms with Crippen LogP contribution in [-0.4, -0.2) is 29.9 Å². The number of carbonyl (C=O) groups excluding carboxylic acids is 1. The van der Waals surface area contributed by atoms with Crippen molar-refractivity contribution in [3.05, 3.63) is 11.1 Å². The normalized spacial score (nSPS) is 10.6. The summed E-state index contributed by atoms with van der Waals surface area (Å²) in [5.41, 5.74) is -0.202. The highest BCUT2D eigenvalue weighted by molar-refractivity contribution is 6.49. The lowest BCUT2D eigenvalue weighted by molar-refractivity contribution is -0.135. The fraction of sp³-hybridized carbons (Fsp3) is 0.375. The third-order valence-corrected chi connectivity index (χ3v) is 1.46. The van der Waals surface area contributed by atoms with Crippen LogP contribution in [-0.2, 0) is 14.3 Å². The number of rotatable bonds is 3. The Morgan fingerprint density at radius 2 is 1.86 bits per heavy atom. The van der Waals surface area contributed by atoms with Gasteiger partial charge in [-0.3, -0.25) is 0 Å². The van der Waals surface area contributed by atoms with Crippen molar-refractivity contribution in [1.82, 2.24) is 0 Å². The SMILES string of the molecule is COC(=O)C(=NN)C(C(=O)O)=C(C)C. The van der Waals surface area contributed by atoms with Crippen molar-refractivity contribution in [1.29, 1.82) is 0 Å². The molecule has 0 unspecified atom stereocenters. The van der Waals surface area contributed by atoms with Gasteiger partial charge in [-0.25, -0.2) is 9.59 Å². The highest BCUT2D eigenvalue weighted by atomic mass is 16.5. The van der Waals surface area contributed by atoms with Crippen molar-refractivity contribution in [3.8, 4) is 0 Å². The number of carbonyl (C=O) groups is 2. The Kier molecular flexibility index (Phi) is 4.34. The Morgan fingerprint density at radius 1 is 1.36 bits per heavy atom. The highest BCUT2D eigenvalue weighted by Crippen LogP contribution is 2.07. The summed E-state index contributed by atoms with van der Waals surface area (Å²) in [7, 11) is 1.12. The van der Waals surface area contributed by atoms with E-state index in [1.54, 1.807) is 0 Å². The number of hydrazone groups is 1. The molecular formula is C8H12N2O4. The van der Waals surface area contributed by atoms with E-state index >= 15 is 0 Å². The molecule has 0 amide bonds. The van der Waals surface area contributed by atoms with Gasteiger partial charge in [0.05, 0.1) is 12.7 Å². The van der Waals surface area contributed by atoms with E-state index in [0.717, 1.165) is 7.11 Å². The van der Waals surface area contributed by atoms with E-state index in [4.69, 9.17) is 10.9 Å². The first-order valence-electron chi connectivity index (χ1n) is 3.73. The molecule has 6 heteroatoms. The number of ether oxygens (including phenoxy) is 1. The number of nitrogens with two attached hydrogens (primary N) is 1. The molecule has 0 aromatic rings. The molecule has 0 saturated heterocycles. The summed E-state index contributed by atoms with van der Waals surface area (Å²) in [6, 6.07) is 0. The van der Waals surface area contributed by atoms with Gasteiger partial charge in [-0.1, -0.05) is 5.57 Å². The third-order valence-electron chi connectivity index (χ3n) is 1.46. The number of hydrogen-bond donors (Lipinski definition) is 2. The molecule has 14 heavy (non-hydrogen) atoms. The number of carboxylic acids is 1. The van der Waals surface area contributed by atoms with Crippen LogP contribution in [0.25, 0.3) is 0 Å². The first-order valence-corrected chi connectivity index (χ1v) is 3.73. The van der Waals surface area contributed by atoms with E-state index in [-0.39, 0.29) is 11.3 Å². The van der Waals surface area contributed by atoms with Gasteiger partial charge in [0.1, 0.15) is 0 Å². The van der Waals surface area contributed by atoms with Crippen LogP contribution in [0.2, 0.25) is 0 Å².